The van der Waals surface area contributed by atoms with Crippen LogP contribution in [0.3, 0.4) is 0 Å². The minimum Gasteiger partial charge on any atom is -0.352 e. The monoisotopic (exact) mass is 472 g/mol. The van der Waals surface area contributed by atoms with E-state index < -0.39 is 6.04 Å². The molecule has 1 aliphatic carbocycles. The van der Waals surface area contributed by atoms with E-state index in [9.17, 15) is 9.59 Å². The molecule has 2 aromatic carbocycles. The lowest BCUT2D eigenvalue weighted by atomic mass is 9.95. The summed E-state index contributed by atoms with van der Waals surface area (Å²) in [4.78, 5) is 29.4. The second-order valence-corrected chi connectivity index (χ2v) is 9.87. The third kappa shape index (κ3) is 7.28. The third-order valence-corrected chi connectivity index (χ3v) is 7.35. The molecule has 1 atom stereocenters. The van der Waals surface area contributed by atoms with Gasteiger partial charge >= 0.3 is 0 Å². The molecule has 2 amide bonds. The third-order valence-electron chi connectivity index (χ3n) is 5.96. The van der Waals surface area contributed by atoms with Gasteiger partial charge < -0.3 is 10.2 Å². The molecule has 1 N–H and O–H groups in total. The van der Waals surface area contributed by atoms with Crippen LogP contribution >= 0.6 is 23.4 Å². The number of halogens is 1. The molecule has 0 heterocycles. The molecule has 4 nitrogen and oxygen atoms in total. The largest absolute Gasteiger partial charge is 0.352 e. The number of nitrogens with one attached hydrogen (secondary N) is 1. The van der Waals surface area contributed by atoms with Gasteiger partial charge in [-0.2, -0.15) is 0 Å². The zero-order chi connectivity index (χ0) is 22.8. The standard InChI is InChI=1S/C26H33ClN2O2S/c1-2-24(26(31)28-21-12-5-3-6-13-21)29(19-20-11-9-10-16-23(20)27)25(30)17-18-32-22-14-7-4-8-15-22/h4,7-11,14-16,21,24H,2-3,5-6,12-13,17-19H2,1H3,(H,28,31)/t24-/m1/s1. The van der Waals surface area contributed by atoms with Crippen molar-refractivity contribution in [3.63, 3.8) is 0 Å². The Morgan fingerprint density at radius 3 is 2.44 bits per heavy atom. The lowest BCUT2D eigenvalue weighted by Gasteiger charge is -2.33. The fraction of sp³-hybridized carbons (Fsp3) is 0.462. The molecule has 2 aromatic rings. The van der Waals surface area contributed by atoms with Gasteiger partial charge in [-0.1, -0.05) is 74.2 Å². The summed E-state index contributed by atoms with van der Waals surface area (Å²) in [5.74, 6) is 0.609. The van der Waals surface area contributed by atoms with Crippen LogP contribution in [0.15, 0.2) is 59.5 Å². The van der Waals surface area contributed by atoms with Gasteiger partial charge in [0.05, 0.1) is 0 Å². The molecule has 1 aliphatic rings. The molecule has 1 fully saturated rings. The topological polar surface area (TPSA) is 49.4 Å². The molecule has 0 spiro atoms. The molecule has 0 saturated heterocycles. The normalized spacial score (nSPS) is 15.2. The van der Waals surface area contributed by atoms with Gasteiger partial charge in [0.2, 0.25) is 11.8 Å². The second-order valence-electron chi connectivity index (χ2n) is 8.29. The maximum Gasteiger partial charge on any atom is 0.243 e. The smallest absolute Gasteiger partial charge is 0.243 e. The van der Waals surface area contributed by atoms with Crippen molar-refractivity contribution in [3.05, 3.63) is 65.2 Å². The molecule has 0 aromatic heterocycles. The van der Waals surface area contributed by atoms with E-state index >= 15 is 0 Å². The summed E-state index contributed by atoms with van der Waals surface area (Å²) in [7, 11) is 0. The predicted octanol–water partition coefficient (Wildman–Crippen LogP) is 6.08. The molecule has 0 aliphatic heterocycles. The Labute approximate surface area is 201 Å². The highest BCUT2D eigenvalue weighted by Crippen LogP contribution is 2.23. The van der Waals surface area contributed by atoms with E-state index in [4.69, 9.17) is 11.6 Å². The van der Waals surface area contributed by atoms with E-state index in [0.29, 0.717) is 30.2 Å². The van der Waals surface area contributed by atoms with E-state index in [2.05, 4.69) is 5.32 Å². The van der Waals surface area contributed by atoms with Crippen molar-refractivity contribution in [2.24, 2.45) is 0 Å². The summed E-state index contributed by atoms with van der Waals surface area (Å²) in [5.41, 5.74) is 0.863. The maximum atomic E-state index is 13.3. The average molecular weight is 473 g/mol. The summed E-state index contributed by atoms with van der Waals surface area (Å²) in [6.07, 6.45) is 6.53. The fourth-order valence-electron chi connectivity index (χ4n) is 4.19. The molecule has 1 saturated carbocycles. The van der Waals surface area contributed by atoms with E-state index in [1.807, 2.05) is 61.5 Å². The highest BCUT2D eigenvalue weighted by atomic mass is 35.5. The van der Waals surface area contributed by atoms with Crippen LogP contribution < -0.4 is 5.32 Å². The molecule has 172 valence electrons. The quantitative estimate of drug-likeness (QED) is 0.426. The Kier molecular flexibility index (Phi) is 9.94. The van der Waals surface area contributed by atoms with E-state index in [-0.39, 0.29) is 17.9 Å². The molecule has 32 heavy (non-hydrogen) atoms. The Hall–Kier alpha value is -1.98. The van der Waals surface area contributed by atoms with Crippen molar-refractivity contribution in [1.82, 2.24) is 10.2 Å². The second kappa shape index (κ2) is 12.9. The van der Waals surface area contributed by atoms with Crippen molar-refractivity contribution in [1.29, 1.82) is 0 Å². The minimum atomic E-state index is -0.498. The number of thioether (sulfide) groups is 1. The summed E-state index contributed by atoms with van der Waals surface area (Å²) in [6, 6.07) is 17.3. The van der Waals surface area contributed by atoms with Crippen LogP contribution in [0.2, 0.25) is 5.02 Å². The highest BCUT2D eigenvalue weighted by Gasteiger charge is 2.30. The first-order valence-electron chi connectivity index (χ1n) is 11.6. The number of carbonyl (C=O) groups is 2. The number of hydrogen-bond donors (Lipinski definition) is 1. The first-order chi connectivity index (χ1) is 15.6. The zero-order valence-corrected chi connectivity index (χ0v) is 20.3. The number of nitrogens with zero attached hydrogens (tertiary/aromatic N) is 1. The van der Waals surface area contributed by atoms with Crippen LogP contribution in [0.25, 0.3) is 0 Å². The van der Waals surface area contributed by atoms with Crippen molar-refractivity contribution in [2.75, 3.05) is 5.75 Å². The van der Waals surface area contributed by atoms with Gasteiger partial charge in [0, 0.05) is 34.7 Å². The van der Waals surface area contributed by atoms with Crippen LogP contribution in [0.4, 0.5) is 0 Å². The molecule has 0 bridgehead atoms. The molecule has 0 radical (unpaired) electrons. The zero-order valence-electron chi connectivity index (χ0n) is 18.8. The molecule has 0 unspecified atom stereocenters. The molecular formula is C26H33ClN2O2S. The maximum absolute atomic E-state index is 13.3. The first-order valence-corrected chi connectivity index (χ1v) is 13.0. The molecule has 3 rings (SSSR count). The van der Waals surface area contributed by atoms with Crippen molar-refractivity contribution in [3.8, 4) is 0 Å². The first kappa shape index (κ1) is 24.7. The summed E-state index contributed by atoms with van der Waals surface area (Å²) in [6.45, 7) is 2.31. The van der Waals surface area contributed by atoms with Crippen LogP contribution in [0.5, 0.6) is 0 Å². The minimum absolute atomic E-state index is 0.0148. The van der Waals surface area contributed by atoms with E-state index in [0.717, 1.165) is 36.1 Å². The highest BCUT2D eigenvalue weighted by molar-refractivity contribution is 7.99. The summed E-state index contributed by atoms with van der Waals surface area (Å²) in [5, 5.41) is 3.83. The van der Waals surface area contributed by atoms with Crippen LogP contribution in [-0.2, 0) is 16.1 Å². The number of rotatable bonds is 10. The van der Waals surface area contributed by atoms with Crippen molar-refractivity contribution < 1.29 is 9.59 Å². The molecule has 6 heteroatoms. The van der Waals surface area contributed by atoms with Gasteiger partial charge in [-0.05, 0) is 43.0 Å². The van der Waals surface area contributed by atoms with Gasteiger partial charge in [-0.3, -0.25) is 9.59 Å². The van der Waals surface area contributed by atoms with E-state index in [1.54, 1.807) is 16.7 Å². The summed E-state index contributed by atoms with van der Waals surface area (Å²) < 4.78 is 0. The van der Waals surface area contributed by atoms with E-state index in [1.165, 1.54) is 6.42 Å². The number of carbonyl (C=O) groups excluding carboxylic acids is 2. The Balaban J connectivity index is 1.71. The van der Waals surface area contributed by atoms with Crippen LogP contribution in [0, 0.1) is 0 Å². The van der Waals surface area contributed by atoms with Gasteiger partial charge in [-0.25, -0.2) is 0 Å². The Bertz CT molecular complexity index is 871. The van der Waals surface area contributed by atoms with Crippen molar-refractivity contribution in [2.45, 2.75) is 75.4 Å². The predicted molar refractivity (Wildman–Crippen MR) is 133 cm³/mol. The van der Waals surface area contributed by atoms with Crippen LogP contribution in [-0.4, -0.2) is 34.6 Å². The van der Waals surface area contributed by atoms with Gasteiger partial charge in [0.15, 0.2) is 0 Å². The lowest BCUT2D eigenvalue weighted by molar-refractivity contribution is -0.141. The fourth-order valence-corrected chi connectivity index (χ4v) is 5.25. The Morgan fingerprint density at radius 1 is 1.06 bits per heavy atom. The average Bonchev–Trinajstić information content (AvgIpc) is 2.81. The van der Waals surface area contributed by atoms with Gasteiger partial charge in [0.25, 0.3) is 0 Å². The van der Waals surface area contributed by atoms with Crippen molar-refractivity contribution >= 4 is 35.2 Å². The number of benzene rings is 2. The Morgan fingerprint density at radius 2 is 1.75 bits per heavy atom. The summed E-state index contributed by atoms with van der Waals surface area (Å²) >= 11 is 8.06. The lowest BCUT2D eigenvalue weighted by Crippen LogP contribution is -2.51. The van der Waals surface area contributed by atoms with Gasteiger partial charge in [-0.15, -0.1) is 11.8 Å². The number of hydrogen-bond acceptors (Lipinski definition) is 3. The molecular weight excluding hydrogens is 440 g/mol. The van der Waals surface area contributed by atoms with Gasteiger partial charge in [0.1, 0.15) is 6.04 Å². The van der Waals surface area contributed by atoms with Crippen LogP contribution in [0.1, 0.15) is 57.4 Å². The number of amides is 2. The SMILES string of the molecule is CC[C@H](C(=O)NC1CCCCC1)N(Cc1ccccc1Cl)C(=O)CCSc1ccccc1.